The summed E-state index contributed by atoms with van der Waals surface area (Å²) < 4.78 is 0. The first-order chi connectivity index (χ1) is 11.7. The Hall–Kier alpha value is -1.56. The predicted molar refractivity (Wildman–Crippen MR) is 107 cm³/mol. The number of hydrogen-bond acceptors (Lipinski definition) is 0. The fourth-order valence-corrected chi connectivity index (χ4v) is 3.23. The minimum Gasteiger partial charge on any atom is -0.0591 e. The maximum Gasteiger partial charge on any atom is -0.0279 e. The first-order valence-electron chi connectivity index (χ1n) is 9.85. The van der Waals surface area contributed by atoms with Gasteiger partial charge in [0.15, 0.2) is 0 Å². The first kappa shape index (κ1) is 18.8. The lowest BCUT2D eigenvalue weighted by Gasteiger charge is -2.04. The molecule has 0 saturated heterocycles. The zero-order chi connectivity index (χ0) is 17.0. The standard InChI is InChI=1S/C24H34/c1-21-13-17-23(18-14-21)11-9-7-5-3-4-6-8-10-12-24-19-15-22(2)16-20-24/h13-20H,3-12H2,1-2H3. The minimum absolute atomic E-state index is 1.25. The van der Waals surface area contributed by atoms with E-state index in [1.807, 2.05) is 0 Å². The van der Waals surface area contributed by atoms with Crippen molar-refractivity contribution in [1.82, 2.24) is 0 Å². The van der Waals surface area contributed by atoms with Gasteiger partial charge in [0, 0.05) is 0 Å². The molecule has 0 bridgehead atoms. The van der Waals surface area contributed by atoms with E-state index in [1.165, 1.54) is 86.5 Å². The van der Waals surface area contributed by atoms with Crippen LogP contribution in [0.5, 0.6) is 0 Å². The van der Waals surface area contributed by atoms with Crippen LogP contribution in [0.25, 0.3) is 0 Å². The van der Waals surface area contributed by atoms with Crippen molar-refractivity contribution in [3.8, 4) is 0 Å². The lowest BCUT2D eigenvalue weighted by molar-refractivity contribution is 0.567. The highest BCUT2D eigenvalue weighted by molar-refractivity contribution is 5.22. The molecule has 2 aromatic carbocycles. The molecule has 0 heterocycles. The Balaban J connectivity index is 1.40. The topological polar surface area (TPSA) is 0 Å². The molecule has 0 fully saturated rings. The van der Waals surface area contributed by atoms with Gasteiger partial charge in [-0.05, 0) is 50.7 Å². The van der Waals surface area contributed by atoms with Gasteiger partial charge in [-0.15, -0.1) is 0 Å². The highest BCUT2D eigenvalue weighted by Crippen LogP contribution is 2.13. The molecule has 0 aliphatic carbocycles. The first-order valence-corrected chi connectivity index (χ1v) is 9.85. The van der Waals surface area contributed by atoms with Gasteiger partial charge in [-0.2, -0.15) is 0 Å². The normalized spacial score (nSPS) is 10.9. The van der Waals surface area contributed by atoms with E-state index in [1.54, 1.807) is 0 Å². The van der Waals surface area contributed by atoms with Crippen LogP contribution in [0.4, 0.5) is 0 Å². The molecule has 0 spiro atoms. The predicted octanol–water partition coefficient (Wildman–Crippen LogP) is 7.21. The lowest BCUT2D eigenvalue weighted by Crippen LogP contribution is -1.88. The van der Waals surface area contributed by atoms with Gasteiger partial charge in [0.2, 0.25) is 0 Å². The van der Waals surface area contributed by atoms with Crippen molar-refractivity contribution in [1.29, 1.82) is 0 Å². The van der Waals surface area contributed by atoms with Crippen LogP contribution >= 0.6 is 0 Å². The third kappa shape index (κ3) is 7.81. The summed E-state index contributed by atoms with van der Waals surface area (Å²) in [6.45, 7) is 4.31. The Morgan fingerprint density at radius 2 is 0.708 bits per heavy atom. The molecule has 0 saturated carbocycles. The maximum absolute atomic E-state index is 2.28. The number of benzene rings is 2. The third-order valence-corrected chi connectivity index (χ3v) is 4.92. The van der Waals surface area contributed by atoms with E-state index in [0.717, 1.165) is 0 Å². The van der Waals surface area contributed by atoms with E-state index in [0.29, 0.717) is 0 Å². The zero-order valence-corrected chi connectivity index (χ0v) is 15.7. The second-order valence-electron chi connectivity index (χ2n) is 7.30. The fourth-order valence-electron chi connectivity index (χ4n) is 3.23. The molecule has 0 aliphatic heterocycles. The summed E-state index contributed by atoms with van der Waals surface area (Å²) in [7, 11) is 0. The average molecular weight is 323 g/mol. The largest absolute Gasteiger partial charge is 0.0591 e. The number of unbranched alkanes of at least 4 members (excludes halogenated alkanes) is 7. The summed E-state index contributed by atoms with van der Waals surface area (Å²) in [5, 5.41) is 0. The molecule has 0 unspecified atom stereocenters. The average Bonchev–Trinajstić information content (AvgIpc) is 2.60. The SMILES string of the molecule is Cc1ccc(CCCCCCCCCCc2ccc(C)cc2)cc1. The van der Waals surface area contributed by atoms with Gasteiger partial charge in [0.1, 0.15) is 0 Å². The molecule has 0 amide bonds. The molecule has 24 heavy (non-hydrogen) atoms. The van der Waals surface area contributed by atoms with E-state index in [2.05, 4.69) is 62.4 Å². The molecule has 0 aromatic heterocycles. The summed E-state index contributed by atoms with van der Waals surface area (Å²) in [6.07, 6.45) is 13.6. The minimum atomic E-state index is 1.25. The second-order valence-corrected chi connectivity index (χ2v) is 7.30. The molecular weight excluding hydrogens is 288 g/mol. The lowest BCUT2D eigenvalue weighted by atomic mass is 10.0. The van der Waals surface area contributed by atoms with Crippen LogP contribution in [-0.2, 0) is 12.8 Å². The van der Waals surface area contributed by atoms with E-state index in [-0.39, 0.29) is 0 Å². The summed E-state index contributed by atoms with van der Waals surface area (Å²) in [4.78, 5) is 0. The van der Waals surface area contributed by atoms with Gasteiger partial charge in [0.05, 0.1) is 0 Å². The highest BCUT2D eigenvalue weighted by atomic mass is 14.0. The van der Waals surface area contributed by atoms with Crippen molar-refractivity contribution in [2.75, 3.05) is 0 Å². The van der Waals surface area contributed by atoms with Crippen LogP contribution in [-0.4, -0.2) is 0 Å². The van der Waals surface area contributed by atoms with Gasteiger partial charge >= 0.3 is 0 Å². The van der Waals surface area contributed by atoms with Crippen molar-refractivity contribution < 1.29 is 0 Å². The van der Waals surface area contributed by atoms with Crippen LogP contribution in [0.3, 0.4) is 0 Å². The van der Waals surface area contributed by atoms with Crippen LogP contribution in [0.15, 0.2) is 48.5 Å². The molecule has 0 aliphatic rings. The van der Waals surface area contributed by atoms with Gasteiger partial charge < -0.3 is 0 Å². The Morgan fingerprint density at radius 1 is 0.417 bits per heavy atom. The zero-order valence-electron chi connectivity index (χ0n) is 15.7. The molecule has 130 valence electrons. The smallest absolute Gasteiger partial charge is 0.0279 e. The molecule has 2 rings (SSSR count). The van der Waals surface area contributed by atoms with Crippen molar-refractivity contribution in [2.24, 2.45) is 0 Å². The van der Waals surface area contributed by atoms with Gasteiger partial charge in [-0.1, -0.05) is 98.2 Å². The van der Waals surface area contributed by atoms with Crippen LogP contribution < -0.4 is 0 Å². The highest BCUT2D eigenvalue weighted by Gasteiger charge is 1.96. The van der Waals surface area contributed by atoms with Crippen LogP contribution in [0, 0.1) is 13.8 Å². The summed E-state index contributed by atoms with van der Waals surface area (Å²) >= 11 is 0. The summed E-state index contributed by atoms with van der Waals surface area (Å²) in [6, 6.07) is 18.0. The van der Waals surface area contributed by atoms with Gasteiger partial charge in [0.25, 0.3) is 0 Å². The quantitative estimate of drug-likeness (QED) is 0.383. The summed E-state index contributed by atoms with van der Waals surface area (Å²) in [5.74, 6) is 0. The molecule has 2 aromatic rings. The maximum atomic E-state index is 2.28. The third-order valence-electron chi connectivity index (χ3n) is 4.92. The van der Waals surface area contributed by atoms with E-state index < -0.39 is 0 Å². The van der Waals surface area contributed by atoms with Crippen molar-refractivity contribution >= 4 is 0 Å². The van der Waals surface area contributed by atoms with Gasteiger partial charge in [-0.25, -0.2) is 0 Å². The molecule has 0 N–H and O–H groups in total. The van der Waals surface area contributed by atoms with Gasteiger partial charge in [-0.3, -0.25) is 0 Å². The van der Waals surface area contributed by atoms with E-state index >= 15 is 0 Å². The number of hydrogen-bond donors (Lipinski definition) is 0. The molecule has 0 heteroatoms. The second kappa shape index (κ2) is 11.1. The Kier molecular flexibility index (Phi) is 8.66. The van der Waals surface area contributed by atoms with Crippen molar-refractivity contribution in [2.45, 2.75) is 78.1 Å². The summed E-state index contributed by atoms with van der Waals surface area (Å²) in [5.41, 5.74) is 5.72. The number of rotatable bonds is 11. The van der Waals surface area contributed by atoms with Crippen molar-refractivity contribution in [3.63, 3.8) is 0 Å². The monoisotopic (exact) mass is 322 g/mol. The van der Waals surface area contributed by atoms with Crippen LogP contribution in [0.1, 0.15) is 73.6 Å². The Labute approximate surface area is 149 Å². The molecule has 0 atom stereocenters. The fraction of sp³-hybridized carbons (Fsp3) is 0.500. The number of aryl methyl sites for hydroxylation is 4. The van der Waals surface area contributed by atoms with Crippen LogP contribution in [0.2, 0.25) is 0 Å². The Morgan fingerprint density at radius 3 is 1.04 bits per heavy atom. The Bertz CT molecular complexity index is 494. The van der Waals surface area contributed by atoms with E-state index in [4.69, 9.17) is 0 Å². The van der Waals surface area contributed by atoms with E-state index in [9.17, 15) is 0 Å². The molecule has 0 radical (unpaired) electrons. The molecular formula is C24H34. The molecule has 0 nitrogen and oxygen atoms in total. The van der Waals surface area contributed by atoms with Crippen molar-refractivity contribution in [3.05, 3.63) is 70.8 Å².